The van der Waals surface area contributed by atoms with Crippen LogP contribution in [0.25, 0.3) is 23.0 Å². The summed E-state index contributed by atoms with van der Waals surface area (Å²) in [6.45, 7) is 5.25. The molecule has 1 aliphatic rings. The van der Waals surface area contributed by atoms with Crippen LogP contribution in [-0.2, 0) is 23.9 Å². The standard InChI is InChI=1S/C33H34N4O5S/c1-4-5-19-43-28-13-11-25(12-14-28)31-26(22-37(35-31)27-9-7-6-8-10-27)20-29-23(2)30(21-34)33(40)36(32(29)39)15-16-41-17-18-42-24(3)38/h6-14,20,22H,4-5,15-19H2,1-3H3/b29-20+. The number of nitrogens with zero attached hydrogens (tertiary/aromatic N) is 4. The van der Waals surface area contributed by atoms with Gasteiger partial charge in [0.15, 0.2) is 0 Å². The highest BCUT2D eigenvalue weighted by atomic mass is 32.2. The first-order valence-electron chi connectivity index (χ1n) is 14.1. The summed E-state index contributed by atoms with van der Waals surface area (Å²) in [7, 11) is 0. The molecule has 0 spiro atoms. The molecule has 9 nitrogen and oxygen atoms in total. The summed E-state index contributed by atoms with van der Waals surface area (Å²) < 4.78 is 12.0. The third kappa shape index (κ3) is 7.89. The molecule has 0 bridgehead atoms. The molecule has 1 aliphatic heterocycles. The van der Waals surface area contributed by atoms with E-state index in [9.17, 15) is 19.6 Å². The second-order valence-electron chi connectivity index (χ2n) is 9.82. The minimum Gasteiger partial charge on any atom is -0.463 e. The number of esters is 1. The largest absolute Gasteiger partial charge is 0.463 e. The molecule has 0 aliphatic carbocycles. The summed E-state index contributed by atoms with van der Waals surface area (Å²) in [6, 6.07) is 19.8. The number of amides is 2. The van der Waals surface area contributed by atoms with Gasteiger partial charge in [-0.1, -0.05) is 43.7 Å². The van der Waals surface area contributed by atoms with Gasteiger partial charge < -0.3 is 9.47 Å². The van der Waals surface area contributed by atoms with E-state index in [4.69, 9.17) is 14.6 Å². The van der Waals surface area contributed by atoms with Gasteiger partial charge in [-0.2, -0.15) is 10.4 Å². The molecule has 0 atom stereocenters. The molecule has 2 aromatic carbocycles. The van der Waals surface area contributed by atoms with Gasteiger partial charge in [-0.3, -0.25) is 19.3 Å². The molecule has 10 heteroatoms. The Hall–Kier alpha value is -4.46. The zero-order valence-electron chi connectivity index (χ0n) is 24.5. The van der Waals surface area contributed by atoms with Crippen LogP contribution in [0.2, 0.25) is 0 Å². The lowest BCUT2D eigenvalue weighted by Gasteiger charge is -2.27. The van der Waals surface area contributed by atoms with Crippen molar-refractivity contribution >= 4 is 35.6 Å². The summed E-state index contributed by atoms with van der Waals surface area (Å²) in [4.78, 5) is 39.8. The van der Waals surface area contributed by atoms with Crippen LogP contribution >= 0.6 is 11.8 Å². The molecule has 0 saturated heterocycles. The highest BCUT2D eigenvalue weighted by Gasteiger charge is 2.35. The maximum Gasteiger partial charge on any atom is 0.302 e. The Morgan fingerprint density at radius 1 is 1.05 bits per heavy atom. The Balaban J connectivity index is 1.68. The molecule has 2 amide bonds. The number of imide groups is 1. The number of aromatic nitrogens is 2. The van der Waals surface area contributed by atoms with Gasteiger partial charge in [-0.05, 0) is 55.0 Å². The number of thioether (sulfide) groups is 1. The van der Waals surface area contributed by atoms with E-state index in [0.29, 0.717) is 16.8 Å². The van der Waals surface area contributed by atoms with E-state index in [0.717, 1.165) is 34.7 Å². The number of carbonyl (C=O) groups is 3. The average molecular weight is 599 g/mol. The number of para-hydroxylation sites is 1. The lowest BCUT2D eigenvalue weighted by molar-refractivity contribution is -0.142. The van der Waals surface area contributed by atoms with Gasteiger partial charge in [-0.25, -0.2) is 4.68 Å². The third-order valence-electron chi connectivity index (χ3n) is 6.78. The monoisotopic (exact) mass is 598 g/mol. The highest BCUT2D eigenvalue weighted by Crippen LogP contribution is 2.32. The van der Waals surface area contributed by atoms with E-state index < -0.39 is 17.8 Å². The highest BCUT2D eigenvalue weighted by molar-refractivity contribution is 7.99. The minimum absolute atomic E-state index is 0.0313. The molecule has 0 radical (unpaired) electrons. The fourth-order valence-electron chi connectivity index (χ4n) is 4.46. The molecule has 1 aromatic heterocycles. The molecule has 222 valence electrons. The first-order chi connectivity index (χ1) is 20.8. The van der Waals surface area contributed by atoms with Crippen LogP contribution < -0.4 is 0 Å². The predicted molar refractivity (Wildman–Crippen MR) is 165 cm³/mol. The number of rotatable bonds is 13. The van der Waals surface area contributed by atoms with Crippen molar-refractivity contribution in [3.05, 3.63) is 83.1 Å². The Morgan fingerprint density at radius 3 is 2.47 bits per heavy atom. The van der Waals surface area contributed by atoms with Crippen molar-refractivity contribution in [1.82, 2.24) is 14.7 Å². The average Bonchev–Trinajstić information content (AvgIpc) is 3.43. The van der Waals surface area contributed by atoms with Crippen molar-refractivity contribution in [2.75, 3.05) is 32.1 Å². The van der Waals surface area contributed by atoms with Crippen LogP contribution in [0.15, 0.2) is 82.4 Å². The second kappa shape index (κ2) is 15.1. The van der Waals surface area contributed by atoms with Gasteiger partial charge in [0.05, 0.1) is 31.1 Å². The third-order valence-corrected chi connectivity index (χ3v) is 7.87. The molecular formula is C33H34N4O5S. The minimum atomic E-state index is -0.665. The number of hydrogen-bond acceptors (Lipinski definition) is 8. The van der Waals surface area contributed by atoms with Crippen LogP contribution in [0.1, 0.15) is 39.2 Å². The molecule has 3 aromatic rings. The number of ether oxygens (including phenoxy) is 2. The Bertz CT molecular complexity index is 1570. The molecule has 43 heavy (non-hydrogen) atoms. The van der Waals surface area contributed by atoms with E-state index in [1.165, 1.54) is 11.8 Å². The molecule has 4 rings (SSSR count). The van der Waals surface area contributed by atoms with Crippen LogP contribution in [-0.4, -0.2) is 64.6 Å². The van der Waals surface area contributed by atoms with E-state index in [1.807, 2.05) is 66.5 Å². The fourth-order valence-corrected chi connectivity index (χ4v) is 5.46. The van der Waals surface area contributed by atoms with E-state index in [1.54, 1.807) is 17.7 Å². The number of hydrogen-bond donors (Lipinski definition) is 0. The van der Waals surface area contributed by atoms with E-state index in [-0.39, 0.29) is 37.5 Å². The Kier molecular flexibility index (Phi) is 11.1. The van der Waals surface area contributed by atoms with Gasteiger partial charge in [0.25, 0.3) is 11.8 Å². The number of unbranched alkanes of at least 4 members (excludes halogenated alkanes) is 1. The number of carbonyl (C=O) groups excluding carboxylic acids is 3. The fraction of sp³-hybridized carbons (Fsp3) is 0.303. The van der Waals surface area contributed by atoms with Crippen LogP contribution in [0.3, 0.4) is 0 Å². The maximum absolute atomic E-state index is 13.7. The van der Waals surface area contributed by atoms with E-state index in [2.05, 4.69) is 19.1 Å². The molecule has 0 N–H and O–H groups in total. The first-order valence-corrected chi connectivity index (χ1v) is 15.1. The molecule has 0 unspecified atom stereocenters. The molecule has 0 fully saturated rings. The van der Waals surface area contributed by atoms with Crippen molar-refractivity contribution < 1.29 is 23.9 Å². The number of nitriles is 1. The Morgan fingerprint density at radius 2 is 1.79 bits per heavy atom. The SMILES string of the molecule is CCCCSc1ccc(-c2nn(-c3ccccc3)cc2/C=C2/C(=O)N(CCOCCOC(C)=O)C(=O)C(C#N)=C2C)cc1. The predicted octanol–water partition coefficient (Wildman–Crippen LogP) is 5.60. The molecular weight excluding hydrogens is 564 g/mol. The number of benzene rings is 2. The van der Waals surface area contributed by atoms with Crippen LogP contribution in [0.5, 0.6) is 0 Å². The summed E-state index contributed by atoms with van der Waals surface area (Å²) in [5.41, 5.74) is 3.50. The lowest BCUT2D eigenvalue weighted by atomic mass is 9.93. The van der Waals surface area contributed by atoms with Crippen LogP contribution in [0, 0.1) is 11.3 Å². The molecule has 2 heterocycles. The van der Waals surface area contributed by atoms with Crippen molar-refractivity contribution in [3.8, 4) is 23.0 Å². The quantitative estimate of drug-likeness (QED) is 0.0821. The van der Waals surface area contributed by atoms with Crippen molar-refractivity contribution in [3.63, 3.8) is 0 Å². The van der Waals surface area contributed by atoms with Gasteiger partial charge >= 0.3 is 5.97 Å². The zero-order valence-corrected chi connectivity index (χ0v) is 25.4. The zero-order chi connectivity index (χ0) is 30.8. The van der Waals surface area contributed by atoms with Gasteiger partial charge in [-0.15, -0.1) is 11.8 Å². The lowest BCUT2D eigenvalue weighted by Crippen LogP contribution is -2.44. The summed E-state index contributed by atoms with van der Waals surface area (Å²) in [5, 5.41) is 14.7. The first kappa shape index (κ1) is 31.5. The Labute approximate surface area is 255 Å². The maximum atomic E-state index is 13.7. The molecule has 0 saturated carbocycles. The van der Waals surface area contributed by atoms with Gasteiger partial charge in [0.1, 0.15) is 18.2 Å². The topological polar surface area (TPSA) is 115 Å². The van der Waals surface area contributed by atoms with Gasteiger partial charge in [0, 0.05) is 34.7 Å². The van der Waals surface area contributed by atoms with Crippen molar-refractivity contribution in [2.45, 2.75) is 38.5 Å². The summed E-state index contributed by atoms with van der Waals surface area (Å²) in [6.07, 6.45) is 5.83. The summed E-state index contributed by atoms with van der Waals surface area (Å²) >= 11 is 1.81. The smallest absolute Gasteiger partial charge is 0.302 e. The summed E-state index contributed by atoms with van der Waals surface area (Å²) in [5.74, 6) is -0.555. The van der Waals surface area contributed by atoms with Crippen molar-refractivity contribution in [1.29, 1.82) is 5.26 Å². The van der Waals surface area contributed by atoms with E-state index >= 15 is 0 Å². The van der Waals surface area contributed by atoms with Crippen LogP contribution in [0.4, 0.5) is 0 Å². The van der Waals surface area contributed by atoms with Crippen molar-refractivity contribution in [2.24, 2.45) is 0 Å². The second-order valence-corrected chi connectivity index (χ2v) is 11.0. The normalized spacial score (nSPS) is 14.4. The van der Waals surface area contributed by atoms with Gasteiger partial charge in [0.2, 0.25) is 0 Å².